The molecule has 0 unspecified atom stereocenters. The number of primary amides is 1. The van der Waals surface area contributed by atoms with Gasteiger partial charge in [-0.1, -0.05) is 0 Å². The number of methoxy groups -OCH3 is 3. The van der Waals surface area contributed by atoms with E-state index in [-0.39, 0.29) is 0 Å². The van der Waals surface area contributed by atoms with Gasteiger partial charge in [0.25, 0.3) is 0 Å². The van der Waals surface area contributed by atoms with Crippen molar-refractivity contribution in [3.05, 3.63) is 12.1 Å². The van der Waals surface area contributed by atoms with Gasteiger partial charge in [-0.15, -0.1) is 0 Å². The fourth-order valence-electron chi connectivity index (χ4n) is 1.58. The summed E-state index contributed by atoms with van der Waals surface area (Å²) in [6.45, 7) is 0. The normalized spacial score (nSPS) is 9.68. The molecule has 0 heterocycles. The Labute approximate surface area is 110 Å². The summed E-state index contributed by atoms with van der Waals surface area (Å²) < 4.78 is 15.4. The van der Waals surface area contributed by atoms with E-state index < -0.39 is 11.8 Å². The number of hydrogen-bond donors (Lipinski definition) is 1. The first kappa shape index (κ1) is 14.6. The number of nitrogens with zero attached hydrogens (tertiary/aromatic N) is 1. The second-order valence-electron chi connectivity index (χ2n) is 3.61. The van der Waals surface area contributed by atoms with Crippen LogP contribution >= 0.6 is 0 Å². The third-order valence-corrected chi connectivity index (χ3v) is 2.54. The highest BCUT2D eigenvalue weighted by atomic mass is 16.5. The maximum Gasteiger partial charge on any atom is 0.316 e. The SMILES string of the molecule is COc1cc(OC)c(N(C)C(=O)C(N)=O)c(OC)c1. The molecule has 1 aromatic rings. The van der Waals surface area contributed by atoms with E-state index in [1.54, 1.807) is 12.1 Å². The van der Waals surface area contributed by atoms with Crippen molar-refractivity contribution in [2.75, 3.05) is 33.3 Å². The van der Waals surface area contributed by atoms with E-state index in [0.717, 1.165) is 4.90 Å². The zero-order valence-corrected chi connectivity index (χ0v) is 11.2. The Balaban J connectivity index is 3.39. The molecule has 1 aromatic carbocycles. The largest absolute Gasteiger partial charge is 0.496 e. The Morgan fingerprint density at radius 3 is 1.84 bits per heavy atom. The van der Waals surface area contributed by atoms with Crippen LogP contribution in [-0.2, 0) is 9.59 Å². The van der Waals surface area contributed by atoms with Crippen molar-refractivity contribution in [1.82, 2.24) is 0 Å². The highest BCUT2D eigenvalue weighted by Crippen LogP contribution is 2.41. The summed E-state index contributed by atoms with van der Waals surface area (Å²) >= 11 is 0. The summed E-state index contributed by atoms with van der Waals surface area (Å²) in [5.41, 5.74) is 5.28. The topological polar surface area (TPSA) is 91.1 Å². The Bertz CT molecular complexity index is 476. The molecule has 7 heteroatoms. The molecule has 2 N–H and O–H groups in total. The van der Waals surface area contributed by atoms with E-state index in [1.807, 2.05) is 0 Å². The number of benzene rings is 1. The standard InChI is InChI=1S/C12H16N2O5/c1-14(12(16)11(13)15)10-8(18-3)5-7(17-2)6-9(10)19-4/h5-6H,1-4H3,(H2,13,15). The van der Waals surface area contributed by atoms with Crippen LogP contribution in [0.5, 0.6) is 17.2 Å². The van der Waals surface area contributed by atoms with E-state index >= 15 is 0 Å². The van der Waals surface area contributed by atoms with Crippen LogP contribution in [0.15, 0.2) is 12.1 Å². The maximum absolute atomic E-state index is 11.6. The molecular formula is C12H16N2O5. The van der Waals surface area contributed by atoms with Crippen LogP contribution in [0, 0.1) is 0 Å². The van der Waals surface area contributed by atoms with Crippen LogP contribution in [0.3, 0.4) is 0 Å². The molecule has 0 aliphatic carbocycles. The Hall–Kier alpha value is -2.44. The van der Waals surface area contributed by atoms with Gasteiger partial charge < -0.3 is 24.8 Å². The molecule has 7 nitrogen and oxygen atoms in total. The first-order valence-corrected chi connectivity index (χ1v) is 5.33. The van der Waals surface area contributed by atoms with Crippen molar-refractivity contribution in [2.24, 2.45) is 5.73 Å². The lowest BCUT2D eigenvalue weighted by molar-refractivity contribution is -0.135. The average Bonchev–Trinajstić information content (AvgIpc) is 2.43. The van der Waals surface area contributed by atoms with Gasteiger partial charge in [-0.05, 0) is 0 Å². The van der Waals surface area contributed by atoms with Gasteiger partial charge in [-0.25, -0.2) is 0 Å². The minimum atomic E-state index is -1.07. The molecule has 0 fully saturated rings. The van der Waals surface area contributed by atoms with Crippen LogP contribution in [0.4, 0.5) is 5.69 Å². The minimum Gasteiger partial charge on any atom is -0.496 e. The van der Waals surface area contributed by atoms with E-state index in [4.69, 9.17) is 19.9 Å². The quantitative estimate of drug-likeness (QED) is 0.785. The summed E-state index contributed by atoms with van der Waals surface area (Å²) in [5.74, 6) is -0.789. The summed E-state index contributed by atoms with van der Waals surface area (Å²) in [6, 6.07) is 3.14. The molecule has 0 atom stereocenters. The molecule has 1 rings (SSSR count). The fourth-order valence-corrected chi connectivity index (χ4v) is 1.58. The maximum atomic E-state index is 11.6. The minimum absolute atomic E-state index is 0.301. The van der Waals surface area contributed by atoms with Crippen LogP contribution < -0.4 is 24.8 Å². The van der Waals surface area contributed by atoms with Gasteiger partial charge in [0.1, 0.15) is 22.9 Å². The number of hydrogen-bond acceptors (Lipinski definition) is 5. The number of carbonyl (C=O) groups is 2. The first-order chi connectivity index (χ1) is 8.96. The van der Waals surface area contributed by atoms with E-state index in [1.165, 1.54) is 28.4 Å². The second-order valence-corrected chi connectivity index (χ2v) is 3.61. The van der Waals surface area contributed by atoms with Crippen molar-refractivity contribution in [2.45, 2.75) is 0 Å². The molecule has 19 heavy (non-hydrogen) atoms. The predicted octanol–water partition coefficient (Wildman–Crippen LogP) is 0.161. The fraction of sp³-hybridized carbons (Fsp3) is 0.333. The van der Waals surface area contributed by atoms with Crippen molar-refractivity contribution in [3.63, 3.8) is 0 Å². The number of rotatable bonds is 4. The molecule has 0 saturated heterocycles. The van der Waals surface area contributed by atoms with Crippen molar-refractivity contribution in [1.29, 1.82) is 0 Å². The Morgan fingerprint density at radius 2 is 1.53 bits per heavy atom. The van der Waals surface area contributed by atoms with Gasteiger partial charge in [0.15, 0.2) is 0 Å². The first-order valence-electron chi connectivity index (χ1n) is 5.33. The highest BCUT2D eigenvalue weighted by molar-refractivity contribution is 6.40. The molecule has 0 aliphatic rings. The zero-order valence-electron chi connectivity index (χ0n) is 11.2. The van der Waals surface area contributed by atoms with Crippen molar-refractivity contribution < 1.29 is 23.8 Å². The van der Waals surface area contributed by atoms with Gasteiger partial charge in [0.05, 0.1) is 21.3 Å². The van der Waals surface area contributed by atoms with E-state index in [2.05, 4.69) is 0 Å². The number of amides is 2. The summed E-state index contributed by atoms with van der Waals surface area (Å²) in [5, 5.41) is 0. The number of nitrogens with two attached hydrogens (primary N) is 1. The molecule has 0 aliphatic heterocycles. The van der Waals surface area contributed by atoms with Gasteiger partial charge in [0, 0.05) is 19.2 Å². The Kier molecular flexibility index (Phi) is 4.57. The molecular weight excluding hydrogens is 252 g/mol. The monoisotopic (exact) mass is 268 g/mol. The third-order valence-electron chi connectivity index (χ3n) is 2.54. The second kappa shape index (κ2) is 5.94. The summed E-state index contributed by atoms with van der Waals surface area (Å²) in [6.07, 6.45) is 0. The van der Waals surface area contributed by atoms with Gasteiger partial charge in [-0.2, -0.15) is 0 Å². The molecule has 2 amide bonds. The van der Waals surface area contributed by atoms with E-state index in [9.17, 15) is 9.59 Å². The molecule has 0 spiro atoms. The zero-order chi connectivity index (χ0) is 14.6. The Morgan fingerprint density at radius 1 is 1.05 bits per heavy atom. The highest BCUT2D eigenvalue weighted by Gasteiger charge is 2.24. The molecule has 0 bridgehead atoms. The van der Waals surface area contributed by atoms with E-state index in [0.29, 0.717) is 22.9 Å². The number of anilines is 1. The lowest BCUT2D eigenvalue weighted by atomic mass is 10.2. The average molecular weight is 268 g/mol. The summed E-state index contributed by atoms with van der Waals surface area (Å²) in [7, 11) is 5.76. The molecule has 0 radical (unpaired) electrons. The number of ether oxygens (including phenoxy) is 3. The predicted molar refractivity (Wildman–Crippen MR) is 68.7 cm³/mol. The third kappa shape index (κ3) is 2.87. The van der Waals surface area contributed by atoms with Crippen molar-refractivity contribution >= 4 is 17.5 Å². The molecule has 0 saturated carbocycles. The molecule has 0 aromatic heterocycles. The van der Waals surface area contributed by atoms with Crippen molar-refractivity contribution in [3.8, 4) is 17.2 Å². The van der Waals surface area contributed by atoms with Gasteiger partial charge in [-0.3, -0.25) is 9.59 Å². The van der Waals surface area contributed by atoms with Crippen LogP contribution in [0.2, 0.25) is 0 Å². The lowest BCUT2D eigenvalue weighted by Gasteiger charge is -2.21. The van der Waals surface area contributed by atoms with Gasteiger partial charge in [0.2, 0.25) is 0 Å². The van der Waals surface area contributed by atoms with Crippen LogP contribution in [0.25, 0.3) is 0 Å². The smallest absolute Gasteiger partial charge is 0.316 e. The number of likely N-dealkylation sites (N-methyl/N-ethyl adjacent to an activating group) is 1. The van der Waals surface area contributed by atoms with Crippen LogP contribution in [0.1, 0.15) is 0 Å². The lowest BCUT2D eigenvalue weighted by Crippen LogP contribution is -2.38. The van der Waals surface area contributed by atoms with Crippen LogP contribution in [-0.4, -0.2) is 40.2 Å². The summed E-state index contributed by atoms with van der Waals surface area (Å²) in [4.78, 5) is 23.7. The molecule has 104 valence electrons. The van der Waals surface area contributed by atoms with Gasteiger partial charge >= 0.3 is 11.8 Å². The number of carbonyl (C=O) groups excluding carboxylic acids is 2.